The van der Waals surface area contributed by atoms with Gasteiger partial charge in [0.2, 0.25) is 0 Å². The van der Waals surface area contributed by atoms with Crippen molar-refractivity contribution in [1.82, 2.24) is 0 Å². The van der Waals surface area contributed by atoms with E-state index in [0.29, 0.717) is 16.7 Å². The lowest BCUT2D eigenvalue weighted by Gasteiger charge is -2.09. The number of hydrogen-bond acceptors (Lipinski definition) is 4. The Kier molecular flexibility index (Phi) is 4.44. The Hall–Kier alpha value is -2.19. The molecule has 0 saturated heterocycles. The van der Waals surface area contributed by atoms with Crippen molar-refractivity contribution in [2.45, 2.75) is 32.6 Å². The SMILES string of the molecule is Cc1ccc(C(=O)CNc2sc3c(c2C#N)CCCC3)cc1F. The van der Waals surface area contributed by atoms with Gasteiger partial charge in [-0.3, -0.25) is 4.79 Å². The molecule has 0 bridgehead atoms. The fourth-order valence-electron chi connectivity index (χ4n) is 2.84. The van der Waals surface area contributed by atoms with E-state index in [-0.39, 0.29) is 18.1 Å². The van der Waals surface area contributed by atoms with Gasteiger partial charge in [-0.25, -0.2) is 4.39 Å². The van der Waals surface area contributed by atoms with Crippen molar-refractivity contribution >= 4 is 22.1 Å². The smallest absolute Gasteiger partial charge is 0.181 e. The highest BCUT2D eigenvalue weighted by Crippen LogP contribution is 2.37. The van der Waals surface area contributed by atoms with Gasteiger partial charge < -0.3 is 5.32 Å². The van der Waals surface area contributed by atoms with Crippen LogP contribution in [-0.4, -0.2) is 12.3 Å². The molecule has 1 N–H and O–H groups in total. The minimum Gasteiger partial charge on any atom is -0.368 e. The van der Waals surface area contributed by atoms with Crippen LogP contribution < -0.4 is 5.32 Å². The number of benzene rings is 1. The number of anilines is 1. The number of ketones is 1. The number of aryl methyl sites for hydroxylation is 2. The van der Waals surface area contributed by atoms with Crippen molar-refractivity contribution in [3.63, 3.8) is 0 Å². The lowest BCUT2D eigenvalue weighted by Crippen LogP contribution is -2.14. The second-order valence-corrected chi connectivity index (χ2v) is 6.87. The van der Waals surface area contributed by atoms with Crippen LogP contribution >= 0.6 is 11.3 Å². The molecule has 23 heavy (non-hydrogen) atoms. The molecule has 0 amide bonds. The summed E-state index contributed by atoms with van der Waals surface area (Å²) in [6.45, 7) is 1.73. The zero-order valence-electron chi connectivity index (χ0n) is 12.9. The average molecular weight is 328 g/mol. The largest absolute Gasteiger partial charge is 0.368 e. The summed E-state index contributed by atoms with van der Waals surface area (Å²) in [6.07, 6.45) is 4.21. The van der Waals surface area contributed by atoms with Crippen LogP contribution in [-0.2, 0) is 12.8 Å². The van der Waals surface area contributed by atoms with Gasteiger partial charge in [0.05, 0.1) is 12.1 Å². The first-order valence-corrected chi connectivity index (χ1v) is 8.49. The molecule has 0 fully saturated rings. The molecule has 0 aliphatic heterocycles. The molecule has 0 saturated carbocycles. The molecule has 3 nitrogen and oxygen atoms in total. The van der Waals surface area contributed by atoms with Crippen LogP contribution in [0.5, 0.6) is 0 Å². The van der Waals surface area contributed by atoms with E-state index in [0.717, 1.165) is 36.2 Å². The summed E-state index contributed by atoms with van der Waals surface area (Å²) in [4.78, 5) is 13.5. The number of nitrogens with one attached hydrogen (secondary N) is 1. The first-order chi connectivity index (χ1) is 11.1. The Balaban J connectivity index is 1.75. The second kappa shape index (κ2) is 6.51. The number of carbonyl (C=O) groups excluding carboxylic acids is 1. The lowest BCUT2D eigenvalue weighted by atomic mass is 9.96. The summed E-state index contributed by atoms with van der Waals surface area (Å²) in [6, 6.07) is 6.76. The Morgan fingerprint density at radius 1 is 1.39 bits per heavy atom. The highest BCUT2D eigenvalue weighted by atomic mass is 32.1. The number of halogens is 1. The third-order valence-corrected chi connectivity index (χ3v) is 5.44. The maximum Gasteiger partial charge on any atom is 0.181 e. The number of fused-ring (bicyclic) bond motifs is 1. The Labute approximate surface area is 138 Å². The van der Waals surface area contributed by atoms with E-state index in [9.17, 15) is 14.4 Å². The van der Waals surface area contributed by atoms with Crippen LogP contribution in [0.15, 0.2) is 18.2 Å². The molecule has 0 atom stereocenters. The monoisotopic (exact) mass is 328 g/mol. The molecule has 0 spiro atoms. The fourth-order valence-corrected chi connectivity index (χ4v) is 4.07. The number of nitrogens with zero attached hydrogens (tertiary/aromatic N) is 1. The molecule has 1 heterocycles. The number of rotatable bonds is 4. The van der Waals surface area contributed by atoms with Gasteiger partial charge in [0.1, 0.15) is 16.9 Å². The lowest BCUT2D eigenvalue weighted by molar-refractivity contribution is 0.101. The average Bonchev–Trinajstić information content (AvgIpc) is 2.92. The minimum absolute atomic E-state index is 0.0660. The summed E-state index contributed by atoms with van der Waals surface area (Å²) < 4.78 is 13.6. The molecule has 118 valence electrons. The number of hydrogen-bond donors (Lipinski definition) is 1. The van der Waals surface area contributed by atoms with Crippen molar-refractivity contribution in [2.24, 2.45) is 0 Å². The number of nitriles is 1. The molecule has 1 aromatic carbocycles. The van der Waals surface area contributed by atoms with Crippen molar-refractivity contribution in [1.29, 1.82) is 5.26 Å². The van der Waals surface area contributed by atoms with Crippen LogP contribution in [0, 0.1) is 24.1 Å². The molecule has 1 aliphatic carbocycles. The summed E-state index contributed by atoms with van der Waals surface area (Å²) in [7, 11) is 0. The minimum atomic E-state index is -0.375. The van der Waals surface area contributed by atoms with E-state index >= 15 is 0 Å². The predicted octanol–water partition coefficient (Wildman–Crippen LogP) is 4.24. The van der Waals surface area contributed by atoms with Crippen LogP contribution in [0.3, 0.4) is 0 Å². The molecule has 2 aromatic rings. The summed E-state index contributed by atoms with van der Waals surface area (Å²) in [5.74, 6) is -0.556. The van der Waals surface area contributed by atoms with Gasteiger partial charge in [-0.05, 0) is 49.8 Å². The number of carbonyl (C=O) groups is 1. The predicted molar refractivity (Wildman–Crippen MR) is 89.6 cm³/mol. The first kappa shape index (κ1) is 15.7. The van der Waals surface area contributed by atoms with Crippen LogP contribution in [0.2, 0.25) is 0 Å². The molecule has 5 heteroatoms. The second-order valence-electron chi connectivity index (χ2n) is 5.77. The van der Waals surface area contributed by atoms with Gasteiger partial charge in [-0.1, -0.05) is 12.1 Å². The molecule has 0 unspecified atom stereocenters. The standard InChI is InChI=1S/C18H17FN2OS/c1-11-6-7-12(8-15(11)19)16(22)10-21-18-14(9-20)13-4-2-3-5-17(13)23-18/h6-8,21H,2-5,10H2,1H3. The zero-order chi connectivity index (χ0) is 16.4. The zero-order valence-corrected chi connectivity index (χ0v) is 13.7. The molecule has 1 aromatic heterocycles. The first-order valence-electron chi connectivity index (χ1n) is 7.68. The fraction of sp³-hybridized carbons (Fsp3) is 0.333. The molecule has 0 radical (unpaired) electrons. The van der Waals surface area contributed by atoms with E-state index in [4.69, 9.17) is 0 Å². The number of Topliss-reactive ketones (excluding diaryl/α,β-unsaturated/α-hetero) is 1. The van der Waals surface area contributed by atoms with Gasteiger partial charge in [0, 0.05) is 10.4 Å². The van der Waals surface area contributed by atoms with E-state index < -0.39 is 0 Å². The van der Waals surface area contributed by atoms with Gasteiger partial charge in [-0.15, -0.1) is 11.3 Å². The highest BCUT2D eigenvalue weighted by Gasteiger charge is 2.21. The van der Waals surface area contributed by atoms with Crippen LogP contribution in [0.4, 0.5) is 9.39 Å². The Morgan fingerprint density at radius 3 is 2.91 bits per heavy atom. The Bertz CT molecular complexity index is 804. The van der Waals surface area contributed by atoms with Crippen molar-refractivity contribution in [3.05, 3.63) is 51.1 Å². The van der Waals surface area contributed by atoms with E-state index in [1.54, 1.807) is 30.4 Å². The number of thiophene rings is 1. The maximum absolute atomic E-state index is 13.6. The molecular weight excluding hydrogens is 311 g/mol. The van der Waals surface area contributed by atoms with E-state index in [2.05, 4.69) is 11.4 Å². The van der Waals surface area contributed by atoms with Crippen LogP contribution in [0.25, 0.3) is 0 Å². The summed E-state index contributed by atoms with van der Waals surface area (Å²) in [5, 5.41) is 13.2. The van der Waals surface area contributed by atoms with Crippen molar-refractivity contribution in [3.8, 4) is 6.07 Å². The topological polar surface area (TPSA) is 52.9 Å². The summed E-state index contributed by atoms with van der Waals surface area (Å²) in [5.41, 5.74) is 2.68. The van der Waals surface area contributed by atoms with Gasteiger partial charge in [-0.2, -0.15) is 5.26 Å². The highest BCUT2D eigenvalue weighted by molar-refractivity contribution is 7.16. The third kappa shape index (κ3) is 3.13. The van der Waals surface area contributed by atoms with Gasteiger partial charge >= 0.3 is 0 Å². The van der Waals surface area contributed by atoms with E-state index in [1.807, 2.05) is 0 Å². The molecule has 3 rings (SSSR count). The summed E-state index contributed by atoms with van der Waals surface area (Å²) >= 11 is 1.57. The molecular formula is C18H17FN2OS. The maximum atomic E-state index is 13.6. The van der Waals surface area contributed by atoms with Crippen molar-refractivity contribution < 1.29 is 9.18 Å². The quantitative estimate of drug-likeness (QED) is 0.854. The van der Waals surface area contributed by atoms with Gasteiger partial charge in [0.25, 0.3) is 0 Å². The van der Waals surface area contributed by atoms with Crippen molar-refractivity contribution in [2.75, 3.05) is 11.9 Å². The van der Waals surface area contributed by atoms with Crippen LogP contribution in [0.1, 0.15) is 44.8 Å². The molecule has 1 aliphatic rings. The van der Waals surface area contributed by atoms with E-state index in [1.165, 1.54) is 10.9 Å². The third-order valence-electron chi connectivity index (χ3n) is 4.19. The van der Waals surface area contributed by atoms with Gasteiger partial charge in [0.15, 0.2) is 5.78 Å². The normalized spacial score (nSPS) is 13.3. The Morgan fingerprint density at radius 2 is 2.17 bits per heavy atom.